The van der Waals surface area contributed by atoms with Crippen LogP contribution in [-0.2, 0) is 6.42 Å². The van der Waals surface area contributed by atoms with Crippen LogP contribution in [0.15, 0.2) is 10.7 Å². The SMILES string of the molecule is CCCCCc1n[c]co1. The molecule has 0 unspecified atom stereocenters. The van der Waals surface area contributed by atoms with Crippen LogP contribution >= 0.6 is 0 Å². The largest absolute Gasteiger partial charge is 0.448 e. The maximum atomic E-state index is 5.01. The molecule has 2 heteroatoms. The number of aromatic nitrogens is 1. The van der Waals surface area contributed by atoms with Gasteiger partial charge in [-0.1, -0.05) is 19.8 Å². The van der Waals surface area contributed by atoms with Crippen molar-refractivity contribution < 1.29 is 4.42 Å². The molecule has 0 aromatic carbocycles. The molecule has 0 aliphatic heterocycles. The van der Waals surface area contributed by atoms with Crippen molar-refractivity contribution in [3.63, 3.8) is 0 Å². The van der Waals surface area contributed by atoms with Gasteiger partial charge in [-0.2, -0.15) is 0 Å². The summed E-state index contributed by atoms with van der Waals surface area (Å²) >= 11 is 0. The Bertz CT molecular complexity index is 158. The van der Waals surface area contributed by atoms with E-state index in [1.54, 1.807) is 0 Å². The van der Waals surface area contributed by atoms with Crippen LogP contribution < -0.4 is 0 Å². The summed E-state index contributed by atoms with van der Waals surface area (Å²) in [5.74, 6) is 0.813. The highest BCUT2D eigenvalue weighted by Crippen LogP contribution is 2.02. The molecule has 0 bridgehead atoms. The molecule has 0 saturated heterocycles. The zero-order valence-electron chi connectivity index (χ0n) is 6.26. The molecule has 0 amide bonds. The Balaban J connectivity index is 2.15. The van der Waals surface area contributed by atoms with Gasteiger partial charge in [-0.3, -0.25) is 0 Å². The van der Waals surface area contributed by atoms with Crippen LogP contribution in [0.1, 0.15) is 32.1 Å². The summed E-state index contributed by atoms with van der Waals surface area (Å²) in [5.41, 5.74) is 0. The summed E-state index contributed by atoms with van der Waals surface area (Å²) < 4.78 is 5.01. The molecule has 55 valence electrons. The fraction of sp³-hybridized carbons (Fsp3) is 0.625. The molecule has 0 spiro atoms. The average Bonchev–Trinajstić information content (AvgIpc) is 2.41. The molecule has 0 fully saturated rings. The molecule has 1 aromatic heterocycles. The second-order valence-electron chi connectivity index (χ2n) is 2.33. The van der Waals surface area contributed by atoms with E-state index < -0.39 is 0 Å². The summed E-state index contributed by atoms with van der Waals surface area (Å²) in [4.78, 5) is 3.90. The normalized spacial score (nSPS) is 10.1. The first-order chi connectivity index (χ1) is 4.93. The number of unbranched alkanes of at least 4 members (excludes halogenated alkanes) is 2. The van der Waals surface area contributed by atoms with Crippen molar-refractivity contribution in [2.45, 2.75) is 32.6 Å². The van der Waals surface area contributed by atoms with Crippen LogP contribution in [0.4, 0.5) is 0 Å². The van der Waals surface area contributed by atoms with Crippen molar-refractivity contribution in [2.75, 3.05) is 0 Å². The Hall–Kier alpha value is -0.790. The molecule has 1 aromatic rings. The number of aryl methyl sites for hydroxylation is 1. The smallest absolute Gasteiger partial charge is 0.194 e. The lowest BCUT2D eigenvalue weighted by atomic mass is 10.2. The van der Waals surface area contributed by atoms with Crippen LogP contribution in [0.25, 0.3) is 0 Å². The quantitative estimate of drug-likeness (QED) is 0.596. The van der Waals surface area contributed by atoms with Crippen molar-refractivity contribution >= 4 is 0 Å². The number of rotatable bonds is 4. The molecular formula is C8H12NO. The standard InChI is InChI=1S/C8H12NO/c1-2-3-4-5-8-9-6-7-10-8/h7H,2-5H2,1H3. The zero-order valence-corrected chi connectivity index (χ0v) is 6.26. The van der Waals surface area contributed by atoms with Gasteiger partial charge in [0.15, 0.2) is 5.89 Å². The fourth-order valence-corrected chi connectivity index (χ4v) is 0.860. The second-order valence-corrected chi connectivity index (χ2v) is 2.33. The third-order valence-electron chi connectivity index (χ3n) is 1.43. The van der Waals surface area contributed by atoms with Gasteiger partial charge in [-0.15, -0.1) is 0 Å². The molecule has 0 aliphatic carbocycles. The van der Waals surface area contributed by atoms with E-state index in [4.69, 9.17) is 4.42 Å². The van der Waals surface area contributed by atoms with E-state index in [9.17, 15) is 0 Å². The van der Waals surface area contributed by atoms with Gasteiger partial charge in [-0.05, 0) is 6.42 Å². The molecule has 0 atom stereocenters. The molecule has 10 heavy (non-hydrogen) atoms. The van der Waals surface area contributed by atoms with Gasteiger partial charge < -0.3 is 4.42 Å². The Kier molecular flexibility index (Phi) is 3.00. The third kappa shape index (κ3) is 2.21. The molecule has 0 aliphatic rings. The van der Waals surface area contributed by atoms with Crippen molar-refractivity contribution in [3.8, 4) is 0 Å². The van der Waals surface area contributed by atoms with E-state index in [-0.39, 0.29) is 0 Å². The van der Waals surface area contributed by atoms with Crippen LogP contribution in [0.3, 0.4) is 0 Å². The van der Waals surface area contributed by atoms with Gasteiger partial charge in [0.25, 0.3) is 0 Å². The summed E-state index contributed by atoms with van der Waals surface area (Å²) in [6.45, 7) is 2.18. The predicted molar refractivity (Wildman–Crippen MR) is 38.6 cm³/mol. The number of hydrogen-bond donors (Lipinski definition) is 0. The van der Waals surface area contributed by atoms with E-state index in [2.05, 4.69) is 18.1 Å². The number of oxazole rings is 1. The number of hydrogen-bond acceptors (Lipinski definition) is 2. The summed E-state index contributed by atoms with van der Waals surface area (Å²) in [7, 11) is 0. The predicted octanol–water partition coefficient (Wildman–Crippen LogP) is 2.21. The molecule has 2 nitrogen and oxygen atoms in total. The highest BCUT2D eigenvalue weighted by atomic mass is 16.3. The van der Waals surface area contributed by atoms with E-state index >= 15 is 0 Å². The van der Waals surface area contributed by atoms with Gasteiger partial charge in [0.1, 0.15) is 12.5 Å². The van der Waals surface area contributed by atoms with Crippen molar-refractivity contribution in [1.82, 2.24) is 4.98 Å². The first-order valence-corrected chi connectivity index (χ1v) is 3.74. The topological polar surface area (TPSA) is 26.0 Å². The lowest BCUT2D eigenvalue weighted by Gasteiger charge is -1.91. The van der Waals surface area contributed by atoms with Gasteiger partial charge in [-0.25, -0.2) is 4.98 Å². The lowest BCUT2D eigenvalue weighted by molar-refractivity contribution is 0.482. The third-order valence-corrected chi connectivity index (χ3v) is 1.43. The van der Waals surface area contributed by atoms with Gasteiger partial charge in [0.05, 0.1) is 0 Å². The molecule has 1 rings (SSSR count). The van der Waals surface area contributed by atoms with Crippen LogP contribution in [-0.4, -0.2) is 4.98 Å². The first-order valence-electron chi connectivity index (χ1n) is 3.74. The Labute approximate surface area is 61.3 Å². The summed E-state index contributed by atoms with van der Waals surface area (Å²) in [6, 6.07) is 0. The number of nitrogens with zero attached hydrogens (tertiary/aromatic N) is 1. The van der Waals surface area contributed by atoms with E-state index in [1.807, 2.05) is 0 Å². The molecule has 1 radical (unpaired) electrons. The highest BCUT2D eigenvalue weighted by Gasteiger charge is 1.94. The molecular weight excluding hydrogens is 126 g/mol. The molecule has 0 saturated carbocycles. The van der Waals surface area contributed by atoms with Gasteiger partial charge in [0, 0.05) is 6.42 Å². The summed E-state index contributed by atoms with van der Waals surface area (Å²) in [6.07, 6.45) is 8.76. The van der Waals surface area contributed by atoms with Crippen molar-refractivity contribution in [3.05, 3.63) is 18.4 Å². The fourth-order valence-electron chi connectivity index (χ4n) is 0.860. The second kappa shape index (κ2) is 4.09. The van der Waals surface area contributed by atoms with E-state index in [0.29, 0.717) is 0 Å². The molecule has 0 N–H and O–H groups in total. The maximum Gasteiger partial charge on any atom is 0.194 e. The van der Waals surface area contributed by atoms with Crippen molar-refractivity contribution in [2.24, 2.45) is 0 Å². The lowest BCUT2D eigenvalue weighted by Crippen LogP contribution is -1.83. The molecule has 1 heterocycles. The van der Waals surface area contributed by atoms with E-state index in [0.717, 1.165) is 12.3 Å². The monoisotopic (exact) mass is 138 g/mol. The Morgan fingerprint density at radius 1 is 1.60 bits per heavy atom. The van der Waals surface area contributed by atoms with Gasteiger partial charge in [0.2, 0.25) is 0 Å². The first kappa shape index (κ1) is 7.32. The average molecular weight is 138 g/mol. The van der Waals surface area contributed by atoms with Crippen LogP contribution in [0, 0.1) is 6.20 Å². The van der Waals surface area contributed by atoms with Crippen molar-refractivity contribution in [1.29, 1.82) is 0 Å². The zero-order chi connectivity index (χ0) is 7.23. The highest BCUT2D eigenvalue weighted by molar-refractivity contribution is 4.77. The minimum Gasteiger partial charge on any atom is -0.448 e. The Morgan fingerprint density at radius 3 is 3.10 bits per heavy atom. The Morgan fingerprint density at radius 2 is 2.50 bits per heavy atom. The minimum atomic E-state index is 0.813. The maximum absolute atomic E-state index is 5.01. The van der Waals surface area contributed by atoms with Crippen LogP contribution in [0.2, 0.25) is 0 Å². The van der Waals surface area contributed by atoms with Crippen LogP contribution in [0.5, 0.6) is 0 Å². The summed E-state index contributed by atoms with van der Waals surface area (Å²) in [5, 5.41) is 0. The minimum absolute atomic E-state index is 0.813. The van der Waals surface area contributed by atoms with Gasteiger partial charge >= 0.3 is 0 Å². The van der Waals surface area contributed by atoms with E-state index in [1.165, 1.54) is 25.5 Å².